The van der Waals surface area contributed by atoms with Gasteiger partial charge in [0.2, 0.25) is 0 Å². The Morgan fingerprint density at radius 3 is 2.67 bits per heavy atom. The smallest absolute Gasteiger partial charge is 0.347 e. The number of nitrogens with zero attached hydrogens (tertiary/aromatic N) is 2. The zero-order valence-electron chi connectivity index (χ0n) is 20.1. The van der Waals surface area contributed by atoms with Crippen LogP contribution in [0.1, 0.15) is 54.6 Å². The van der Waals surface area contributed by atoms with Gasteiger partial charge in [-0.15, -0.1) is 0 Å². The average molecular weight is 499 g/mol. The van der Waals surface area contributed by atoms with E-state index < -0.39 is 23.6 Å². The van der Waals surface area contributed by atoms with Crippen LogP contribution in [0.2, 0.25) is 0 Å². The van der Waals surface area contributed by atoms with E-state index in [4.69, 9.17) is 14.2 Å². The van der Waals surface area contributed by atoms with Crippen LogP contribution < -0.4 is 15.0 Å². The van der Waals surface area contributed by atoms with Crippen molar-refractivity contribution in [2.75, 3.05) is 13.2 Å². The lowest BCUT2D eigenvalue weighted by molar-refractivity contribution is -0.145. The first-order valence-electron chi connectivity index (χ1n) is 11.9. The zero-order valence-corrected chi connectivity index (χ0v) is 20.1. The first-order valence-corrected chi connectivity index (χ1v) is 11.9. The molecule has 0 fully saturated rings. The maximum atomic E-state index is 13.6. The minimum absolute atomic E-state index is 0.00663. The third kappa shape index (κ3) is 4.89. The van der Waals surface area contributed by atoms with Crippen molar-refractivity contribution in [1.29, 1.82) is 0 Å². The van der Waals surface area contributed by atoms with Gasteiger partial charge in [-0.2, -0.15) is 0 Å². The van der Waals surface area contributed by atoms with Crippen LogP contribution in [0.15, 0.2) is 35.3 Å². The number of carbonyl (C=O) groups is 2. The topological polar surface area (TPSA) is 117 Å². The summed E-state index contributed by atoms with van der Waals surface area (Å²) in [5.41, 5.74) is 0.771. The highest BCUT2D eigenvalue weighted by atomic mass is 19.1. The van der Waals surface area contributed by atoms with E-state index in [1.165, 1.54) is 22.9 Å². The fourth-order valence-corrected chi connectivity index (χ4v) is 4.15. The predicted octanol–water partition coefficient (Wildman–Crippen LogP) is 3.72. The van der Waals surface area contributed by atoms with Gasteiger partial charge in [-0.25, -0.2) is 14.0 Å². The van der Waals surface area contributed by atoms with Crippen LogP contribution in [0, 0.1) is 5.82 Å². The van der Waals surface area contributed by atoms with Crippen LogP contribution in [-0.2, 0) is 22.5 Å². The summed E-state index contributed by atoms with van der Waals surface area (Å²) in [6.45, 7) is 3.90. The number of aryl methyl sites for hydroxylation is 1. The van der Waals surface area contributed by atoms with Gasteiger partial charge in [0.25, 0.3) is 5.56 Å². The summed E-state index contributed by atoms with van der Waals surface area (Å²) in [6, 6.07) is 5.86. The first-order chi connectivity index (χ1) is 17.3. The molecule has 0 amide bonds. The Bertz CT molecular complexity index is 1350. The van der Waals surface area contributed by atoms with Gasteiger partial charge in [0.05, 0.1) is 13.2 Å². The van der Waals surface area contributed by atoms with E-state index >= 15 is 0 Å². The Morgan fingerprint density at radius 2 is 2.00 bits per heavy atom. The number of carboxylic acids is 1. The molecule has 3 aromatic rings. The number of hydrogen-bond acceptors (Lipinski definition) is 7. The maximum absolute atomic E-state index is 13.6. The van der Waals surface area contributed by atoms with E-state index in [1.807, 2.05) is 6.92 Å². The van der Waals surface area contributed by atoms with Crippen LogP contribution in [-0.4, -0.2) is 45.9 Å². The number of aliphatic carboxylic acids is 1. The lowest BCUT2D eigenvalue weighted by atomic mass is 10.0. The number of pyridine rings is 2. The molecule has 36 heavy (non-hydrogen) atoms. The molecule has 1 atom stereocenters. The van der Waals surface area contributed by atoms with Crippen LogP contribution in [0.4, 0.5) is 4.39 Å². The minimum atomic E-state index is -1.22. The summed E-state index contributed by atoms with van der Waals surface area (Å²) in [5, 5.41) is 9.72. The zero-order chi connectivity index (χ0) is 25.8. The number of carbonyl (C=O) groups excluding carboxylic acids is 1. The van der Waals surface area contributed by atoms with E-state index in [9.17, 15) is 23.9 Å². The Balaban J connectivity index is 1.98. The molecule has 3 heterocycles. The Morgan fingerprint density at radius 1 is 1.25 bits per heavy atom. The molecule has 0 aliphatic carbocycles. The molecule has 0 spiro atoms. The molecule has 1 aliphatic rings. The molecule has 0 saturated heterocycles. The predicted molar refractivity (Wildman–Crippen MR) is 128 cm³/mol. The number of aromatic nitrogens is 2. The fraction of sp³-hybridized carbons (Fsp3) is 0.385. The molecule has 1 N–H and O–H groups in total. The molecule has 0 saturated carbocycles. The number of rotatable bonds is 9. The minimum Gasteiger partial charge on any atom is -0.490 e. The van der Waals surface area contributed by atoms with Gasteiger partial charge in [-0.1, -0.05) is 25.5 Å². The average Bonchev–Trinajstić information content (AvgIpc) is 3.06. The molecule has 2 aromatic heterocycles. The number of carboxylic acid groups (broad SMARTS) is 1. The van der Waals surface area contributed by atoms with Crippen molar-refractivity contribution in [2.24, 2.45) is 0 Å². The molecule has 10 heteroatoms. The number of ether oxygens (including phenoxy) is 3. The van der Waals surface area contributed by atoms with Gasteiger partial charge in [0.15, 0.2) is 23.2 Å². The van der Waals surface area contributed by atoms with Crippen LogP contribution in [0.5, 0.6) is 11.5 Å². The van der Waals surface area contributed by atoms with Gasteiger partial charge < -0.3 is 23.9 Å². The summed E-state index contributed by atoms with van der Waals surface area (Å²) < 4.78 is 31.7. The quantitative estimate of drug-likeness (QED) is 0.351. The number of esters is 1. The van der Waals surface area contributed by atoms with Crippen molar-refractivity contribution in [1.82, 2.24) is 9.55 Å². The Kier molecular flexibility index (Phi) is 7.52. The summed E-state index contributed by atoms with van der Waals surface area (Å²) in [4.78, 5) is 42.9. The van der Waals surface area contributed by atoms with Crippen LogP contribution in [0.25, 0.3) is 11.0 Å². The molecule has 0 bridgehead atoms. The monoisotopic (exact) mass is 498 g/mol. The Hall–Kier alpha value is -3.95. The van der Waals surface area contributed by atoms with Crippen molar-refractivity contribution in [3.63, 3.8) is 0 Å². The standard InChI is InChI=1S/C26H27FN2O7/c1-3-5-12-35-23-19(26(33)34-4-2)24(30)29-11-10-18(25(31)32)36-22-16(14-28-20(23)21(22)29)13-15-6-8-17(27)9-7-15/h6-9,14,18H,3-5,10-13H2,1-2H3,(H,31,32)/t18-/m0/s1. The van der Waals surface area contributed by atoms with E-state index in [0.717, 1.165) is 12.0 Å². The van der Waals surface area contributed by atoms with Gasteiger partial charge in [-0.3, -0.25) is 9.78 Å². The van der Waals surface area contributed by atoms with Gasteiger partial charge in [0, 0.05) is 31.1 Å². The second-order valence-corrected chi connectivity index (χ2v) is 8.43. The molecule has 4 rings (SSSR count). The summed E-state index contributed by atoms with van der Waals surface area (Å²) >= 11 is 0. The van der Waals surface area contributed by atoms with Crippen molar-refractivity contribution >= 4 is 23.0 Å². The number of hydrogen-bond donors (Lipinski definition) is 1. The molecule has 190 valence electrons. The number of halogens is 1. The summed E-state index contributed by atoms with van der Waals surface area (Å²) in [7, 11) is 0. The third-order valence-corrected chi connectivity index (χ3v) is 5.93. The van der Waals surface area contributed by atoms with Crippen molar-refractivity contribution in [3.8, 4) is 11.5 Å². The van der Waals surface area contributed by atoms with Gasteiger partial charge >= 0.3 is 11.9 Å². The highest BCUT2D eigenvalue weighted by Gasteiger charge is 2.33. The molecule has 0 unspecified atom stereocenters. The lowest BCUT2D eigenvalue weighted by Gasteiger charge is -2.19. The number of benzene rings is 1. The Labute approximate surface area is 206 Å². The van der Waals surface area contributed by atoms with E-state index in [2.05, 4.69) is 4.98 Å². The lowest BCUT2D eigenvalue weighted by Crippen LogP contribution is -2.30. The van der Waals surface area contributed by atoms with E-state index in [0.29, 0.717) is 12.0 Å². The van der Waals surface area contributed by atoms with Crippen LogP contribution >= 0.6 is 0 Å². The second kappa shape index (κ2) is 10.8. The largest absolute Gasteiger partial charge is 0.490 e. The highest BCUT2D eigenvalue weighted by molar-refractivity contribution is 6.00. The fourth-order valence-electron chi connectivity index (χ4n) is 4.15. The second-order valence-electron chi connectivity index (χ2n) is 8.43. The van der Waals surface area contributed by atoms with Crippen molar-refractivity contribution < 1.29 is 33.3 Å². The number of unbranched alkanes of at least 4 members (excludes halogenated alkanes) is 1. The molecular weight excluding hydrogens is 471 g/mol. The first kappa shape index (κ1) is 25.2. The molecular formula is C26H27FN2O7. The molecule has 9 nitrogen and oxygen atoms in total. The molecule has 1 aliphatic heterocycles. The maximum Gasteiger partial charge on any atom is 0.347 e. The SMILES string of the molecule is CCCCOc1c(C(=O)OCC)c(=O)n2c3c(c(Cc4ccc(F)cc4)cnc13)O[C@H](C(=O)O)CC2. The summed E-state index contributed by atoms with van der Waals surface area (Å²) in [6.07, 6.45) is 2.03. The van der Waals surface area contributed by atoms with E-state index in [-0.39, 0.29) is 66.5 Å². The van der Waals surface area contributed by atoms with Gasteiger partial charge in [0.1, 0.15) is 16.9 Å². The highest BCUT2D eigenvalue weighted by Crippen LogP contribution is 2.38. The van der Waals surface area contributed by atoms with Crippen molar-refractivity contribution in [2.45, 2.75) is 52.2 Å². The summed E-state index contributed by atoms with van der Waals surface area (Å²) in [5.74, 6) is -2.24. The van der Waals surface area contributed by atoms with Crippen molar-refractivity contribution in [3.05, 3.63) is 63.3 Å². The normalized spacial score (nSPS) is 14.7. The molecule has 0 radical (unpaired) electrons. The molecule has 1 aromatic carbocycles. The van der Waals surface area contributed by atoms with Gasteiger partial charge in [-0.05, 0) is 31.0 Å². The van der Waals surface area contributed by atoms with E-state index in [1.54, 1.807) is 19.1 Å². The third-order valence-electron chi connectivity index (χ3n) is 5.93. The van der Waals surface area contributed by atoms with Crippen LogP contribution in [0.3, 0.4) is 0 Å².